The molecule has 17 heavy (non-hydrogen) atoms. The molecule has 0 aliphatic carbocycles. The molecular weight excluding hydrogens is 214 g/mol. The van der Waals surface area contributed by atoms with Gasteiger partial charge in [0.2, 0.25) is 5.91 Å². The average molecular weight is 235 g/mol. The van der Waals surface area contributed by atoms with Crippen LogP contribution in [0.5, 0.6) is 0 Å². The Morgan fingerprint density at radius 1 is 1.47 bits per heavy atom. The molecule has 0 saturated carbocycles. The lowest BCUT2D eigenvalue weighted by Crippen LogP contribution is -2.29. The fourth-order valence-electron chi connectivity index (χ4n) is 1.50. The fourth-order valence-corrected chi connectivity index (χ4v) is 1.50. The van der Waals surface area contributed by atoms with Crippen LogP contribution in [0.25, 0.3) is 0 Å². The molecule has 0 aromatic carbocycles. The molecule has 4 nitrogen and oxygen atoms in total. The number of hydrogen-bond donors (Lipinski definition) is 2. The van der Waals surface area contributed by atoms with Gasteiger partial charge in [0.05, 0.1) is 0 Å². The summed E-state index contributed by atoms with van der Waals surface area (Å²) in [5.41, 5.74) is 1.14. The maximum Gasteiger partial charge on any atom is 0.221 e. The van der Waals surface area contributed by atoms with Gasteiger partial charge in [-0.05, 0) is 25.0 Å². The highest BCUT2D eigenvalue weighted by atomic mass is 16.1. The van der Waals surface area contributed by atoms with Gasteiger partial charge in [-0.15, -0.1) is 0 Å². The van der Waals surface area contributed by atoms with Crippen molar-refractivity contribution in [2.24, 2.45) is 0 Å². The van der Waals surface area contributed by atoms with Crippen molar-refractivity contribution in [2.75, 3.05) is 13.1 Å². The molecule has 4 heteroatoms. The third kappa shape index (κ3) is 5.45. The number of rotatable bonds is 7. The summed E-state index contributed by atoms with van der Waals surface area (Å²) in [4.78, 5) is 15.4. The van der Waals surface area contributed by atoms with Crippen molar-refractivity contribution in [1.82, 2.24) is 15.6 Å². The smallest absolute Gasteiger partial charge is 0.221 e. The van der Waals surface area contributed by atoms with Crippen LogP contribution in [0.2, 0.25) is 0 Å². The summed E-state index contributed by atoms with van der Waals surface area (Å²) < 4.78 is 0. The van der Waals surface area contributed by atoms with Gasteiger partial charge in [-0.2, -0.15) is 0 Å². The standard InChI is InChI=1S/C13H21N3O/c1-3-7-16-13(17)6-9-15-11(2)12-5-4-8-14-10-12/h4-5,8,10-11,15H,3,6-7,9H2,1-2H3,(H,16,17). The van der Waals surface area contributed by atoms with Crippen molar-refractivity contribution >= 4 is 5.91 Å². The van der Waals surface area contributed by atoms with E-state index in [9.17, 15) is 4.79 Å². The first-order valence-corrected chi connectivity index (χ1v) is 6.14. The van der Waals surface area contributed by atoms with Crippen LogP contribution >= 0.6 is 0 Å². The van der Waals surface area contributed by atoms with E-state index in [1.54, 1.807) is 6.20 Å². The second kappa shape index (κ2) is 7.79. The lowest BCUT2D eigenvalue weighted by molar-refractivity contribution is -0.121. The molecular formula is C13H21N3O. The Hall–Kier alpha value is -1.42. The quantitative estimate of drug-likeness (QED) is 0.755. The molecule has 0 spiro atoms. The normalized spacial score (nSPS) is 12.1. The van der Waals surface area contributed by atoms with Crippen LogP contribution in [0.1, 0.15) is 38.3 Å². The Labute approximate surface area is 103 Å². The minimum atomic E-state index is 0.109. The van der Waals surface area contributed by atoms with Crippen LogP contribution < -0.4 is 10.6 Å². The number of hydrogen-bond acceptors (Lipinski definition) is 3. The molecule has 1 aromatic heterocycles. The number of nitrogens with zero attached hydrogens (tertiary/aromatic N) is 1. The van der Waals surface area contributed by atoms with Crippen LogP contribution in [0.4, 0.5) is 0 Å². The van der Waals surface area contributed by atoms with Gasteiger partial charge in [0.15, 0.2) is 0 Å². The SMILES string of the molecule is CCCNC(=O)CCNC(C)c1cccnc1. The molecule has 1 heterocycles. The predicted molar refractivity (Wildman–Crippen MR) is 68.6 cm³/mol. The molecule has 0 radical (unpaired) electrons. The molecule has 1 amide bonds. The van der Waals surface area contributed by atoms with Crippen molar-refractivity contribution in [2.45, 2.75) is 32.7 Å². The molecule has 0 saturated heterocycles. The van der Waals surface area contributed by atoms with E-state index >= 15 is 0 Å². The lowest BCUT2D eigenvalue weighted by Gasteiger charge is -2.13. The minimum Gasteiger partial charge on any atom is -0.356 e. The third-order valence-electron chi connectivity index (χ3n) is 2.56. The number of pyridine rings is 1. The Kier molecular flexibility index (Phi) is 6.25. The molecule has 94 valence electrons. The van der Waals surface area contributed by atoms with Gasteiger partial charge in [-0.25, -0.2) is 0 Å². The summed E-state index contributed by atoms with van der Waals surface area (Å²) in [5, 5.41) is 6.16. The first-order chi connectivity index (χ1) is 8.24. The Morgan fingerprint density at radius 2 is 2.29 bits per heavy atom. The third-order valence-corrected chi connectivity index (χ3v) is 2.56. The highest BCUT2D eigenvalue weighted by molar-refractivity contribution is 5.75. The maximum absolute atomic E-state index is 11.4. The van der Waals surface area contributed by atoms with Gasteiger partial charge in [0, 0.05) is 37.9 Å². The Balaban J connectivity index is 2.20. The number of carbonyl (C=O) groups excluding carboxylic acids is 1. The Bertz CT molecular complexity index is 327. The van der Waals surface area contributed by atoms with Crippen molar-refractivity contribution in [3.8, 4) is 0 Å². The molecule has 0 aliphatic rings. The van der Waals surface area contributed by atoms with Crippen LogP contribution in [-0.4, -0.2) is 24.0 Å². The van der Waals surface area contributed by atoms with Crippen molar-refractivity contribution in [3.05, 3.63) is 30.1 Å². The fraction of sp³-hybridized carbons (Fsp3) is 0.538. The van der Waals surface area contributed by atoms with E-state index in [4.69, 9.17) is 0 Å². The zero-order valence-corrected chi connectivity index (χ0v) is 10.6. The maximum atomic E-state index is 11.4. The van der Waals surface area contributed by atoms with E-state index in [-0.39, 0.29) is 11.9 Å². The van der Waals surface area contributed by atoms with E-state index in [0.29, 0.717) is 13.0 Å². The van der Waals surface area contributed by atoms with E-state index in [1.807, 2.05) is 25.3 Å². The van der Waals surface area contributed by atoms with Crippen LogP contribution in [0.3, 0.4) is 0 Å². The van der Waals surface area contributed by atoms with Gasteiger partial charge < -0.3 is 10.6 Å². The second-order valence-electron chi connectivity index (χ2n) is 4.06. The van der Waals surface area contributed by atoms with Crippen LogP contribution in [0.15, 0.2) is 24.5 Å². The minimum absolute atomic E-state index is 0.109. The van der Waals surface area contributed by atoms with E-state index in [2.05, 4.69) is 22.5 Å². The molecule has 0 fully saturated rings. The summed E-state index contributed by atoms with van der Waals surface area (Å²) in [5.74, 6) is 0.109. The van der Waals surface area contributed by atoms with E-state index in [0.717, 1.165) is 18.5 Å². The summed E-state index contributed by atoms with van der Waals surface area (Å²) >= 11 is 0. The van der Waals surface area contributed by atoms with Gasteiger partial charge >= 0.3 is 0 Å². The van der Waals surface area contributed by atoms with Crippen molar-refractivity contribution in [3.63, 3.8) is 0 Å². The van der Waals surface area contributed by atoms with Crippen LogP contribution in [-0.2, 0) is 4.79 Å². The molecule has 0 aliphatic heterocycles. The first kappa shape index (κ1) is 13.6. The Morgan fingerprint density at radius 3 is 2.94 bits per heavy atom. The monoisotopic (exact) mass is 235 g/mol. The highest BCUT2D eigenvalue weighted by Crippen LogP contribution is 2.09. The average Bonchev–Trinajstić information content (AvgIpc) is 2.37. The van der Waals surface area contributed by atoms with Crippen molar-refractivity contribution < 1.29 is 4.79 Å². The zero-order valence-electron chi connectivity index (χ0n) is 10.6. The molecule has 1 unspecified atom stereocenters. The van der Waals surface area contributed by atoms with Gasteiger partial charge in [-0.3, -0.25) is 9.78 Å². The second-order valence-corrected chi connectivity index (χ2v) is 4.06. The van der Waals surface area contributed by atoms with Crippen molar-refractivity contribution in [1.29, 1.82) is 0 Å². The zero-order chi connectivity index (χ0) is 12.5. The molecule has 0 bridgehead atoms. The molecule has 1 aromatic rings. The predicted octanol–water partition coefficient (Wildman–Crippen LogP) is 1.65. The van der Waals surface area contributed by atoms with Crippen LogP contribution in [0, 0.1) is 0 Å². The van der Waals surface area contributed by atoms with E-state index in [1.165, 1.54) is 0 Å². The van der Waals surface area contributed by atoms with Gasteiger partial charge in [0.1, 0.15) is 0 Å². The number of aromatic nitrogens is 1. The summed E-state index contributed by atoms with van der Waals surface area (Å²) in [7, 11) is 0. The molecule has 2 N–H and O–H groups in total. The number of amides is 1. The lowest BCUT2D eigenvalue weighted by atomic mass is 10.1. The molecule has 1 rings (SSSR count). The van der Waals surface area contributed by atoms with Gasteiger partial charge in [-0.1, -0.05) is 13.0 Å². The summed E-state index contributed by atoms with van der Waals surface area (Å²) in [6.45, 7) is 5.56. The first-order valence-electron chi connectivity index (χ1n) is 6.14. The summed E-state index contributed by atoms with van der Waals surface area (Å²) in [6, 6.07) is 4.17. The largest absolute Gasteiger partial charge is 0.356 e. The number of carbonyl (C=O) groups is 1. The topological polar surface area (TPSA) is 54.0 Å². The number of nitrogens with one attached hydrogen (secondary N) is 2. The summed E-state index contributed by atoms with van der Waals surface area (Å²) in [6.07, 6.45) is 5.10. The molecule has 1 atom stereocenters. The van der Waals surface area contributed by atoms with Gasteiger partial charge in [0.25, 0.3) is 0 Å². The van der Waals surface area contributed by atoms with E-state index < -0.39 is 0 Å². The highest BCUT2D eigenvalue weighted by Gasteiger charge is 2.05.